The number of esters is 1. The van der Waals surface area contributed by atoms with Gasteiger partial charge in [-0.3, -0.25) is 0 Å². The van der Waals surface area contributed by atoms with E-state index in [1.807, 2.05) is 0 Å². The maximum absolute atomic E-state index is 11.0. The molecule has 0 aliphatic rings. The summed E-state index contributed by atoms with van der Waals surface area (Å²) in [4.78, 5) is 21.5. The first-order chi connectivity index (χ1) is 9.47. The number of hydrogen-bond donors (Lipinski definition) is 1. The zero-order valence-corrected chi connectivity index (χ0v) is 12.5. The van der Waals surface area contributed by atoms with Crippen LogP contribution in [0.25, 0.3) is 6.08 Å². The van der Waals surface area contributed by atoms with Crippen molar-refractivity contribution in [1.29, 1.82) is 0 Å². The molecule has 0 atom stereocenters. The molecule has 108 valence electrons. The first kappa shape index (κ1) is 16.0. The summed E-state index contributed by atoms with van der Waals surface area (Å²) in [5.41, 5.74) is 0.662. The van der Waals surface area contributed by atoms with E-state index in [-0.39, 0.29) is 5.75 Å². The number of carbonyl (C=O) groups is 2. The molecule has 1 N–H and O–H groups in total. The Morgan fingerprint density at radius 1 is 1.30 bits per heavy atom. The molecule has 7 heteroatoms. The third-order valence-electron chi connectivity index (χ3n) is 2.23. The second-order valence-electron chi connectivity index (χ2n) is 3.56. The molecule has 6 nitrogen and oxygen atoms in total. The molecule has 20 heavy (non-hydrogen) atoms. The van der Waals surface area contributed by atoms with Crippen molar-refractivity contribution < 1.29 is 28.9 Å². The van der Waals surface area contributed by atoms with Crippen LogP contribution in [0, 0.1) is 0 Å². The number of hydrogen-bond acceptors (Lipinski definition) is 5. The van der Waals surface area contributed by atoms with E-state index < -0.39 is 18.5 Å². The number of aliphatic carboxylic acids is 1. The summed E-state index contributed by atoms with van der Waals surface area (Å²) in [5, 5.41) is 8.59. The topological polar surface area (TPSA) is 82.1 Å². The maximum Gasteiger partial charge on any atom is 0.341 e. The molecular formula is C13H13BrO6. The van der Waals surface area contributed by atoms with Crippen molar-refractivity contribution in [2.75, 3.05) is 20.8 Å². The highest BCUT2D eigenvalue weighted by atomic mass is 79.9. The lowest BCUT2D eigenvalue weighted by molar-refractivity contribution is -0.139. The SMILES string of the molecule is COC(=O)/C=C/c1cc(OC)c(OCC(=O)O)cc1Br. The number of carboxylic acid groups (broad SMARTS) is 1. The minimum Gasteiger partial charge on any atom is -0.493 e. The standard InChI is InChI=1S/C13H13BrO6/c1-18-10-5-8(3-4-13(17)19-2)9(14)6-11(10)20-7-12(15)16/h3-6H,7H2,1-2H3,(H,15,16)/b4-3+. The lowest BCUT2D eigenvalue weighted by Gasteiger charge is -2.11. The summed E-state index contributed by atoms with van der Waals surface area (Å²) in [6, 6.07) is 3.18. The molecule has 0 fully saturated rings. The second kappa shape index (κ2) is 7.54. The molecule has 0 spiro atoms. The fourth-order valence-corrected chi connectivity index (χ4v) is 1.77. The fourth-order valence-electron chi connectivity index (χ4n) is 1.32. The largest absolute Gasteiger partial charge is 0.493 e. The molecule has 0 radical (unpaired) electrons. The van der Waals surface area contributed by atoms with Crippen molar-refractivity contribution in [1.82, 2.24) is 0 Å². The van der Waals surface area contributed by atoms with E-state index in [9.17, 15) is 9.59 Å². The minimum atomic E-state index is -1.09. The Hall–Kier alpha value is -2.02. The average molecular weight is 345 g/mol. The molecule has 0 aromatic heterocycles. The van der Waals surface area contributed by atoms with Crippen LogP contribution in [0.5, 0.6) is 11.5 Å². The zero-order chi connectivity index (χ0) is 15.1. The number of benzene rings is 1. The first-order valence-corrected chi connectivity index (χ1v) is 6.25. The Morgan fingerprint density at radius 2 is 2.00 bits per heavy atom. The molecule has 0 saturated carbocycles. The van der Waals surface area contributed by atoms with Crippen molar-refractivity contribution in [3.63, 3.8) is 0 Å². The number of halogens is 1. The number of carbonyl (C=O) groups excluding carboxylic acids is 1. The Balaban J connectivity index is 3.03. The van der Waals surface area contributed by atoms with Crippen LogP contribution in [0.15, 0.2) is 22.7 Å². The van der Waals surface area contributed by atoms with Gasteiger partial charge in [-0.2, -0.15) is 0 Å². The monoisotopic (exact) mass is 344 g/mol. The normalized spacial score (nSPS) is 10.3. The van der Waals surface area contributed by atoms with Gasteiger partial charge in [-0.25, -0.2) is 9.59 Å². The van der Waals surface area contributed by atoms with Gasteiger partial charge in [-0.1, -0.05) is 15.9 Å². The predicted octanol–water partition coefficient (Wildman–Crippen LogP) is 2.11. The Labute approximate surface area is 124 Å². The van der Waals surface area contributed by atoms with Gasteiger partial charge < -0.3 is 19.3 Å². The maximum atomic E-state index is 11.0. The molecule has 0 aliphatic heterocycles. The first-order valence-electron chi connectivity index (χ1n) is 5.46. The smallest absolute Gasteiger partial charge is 0.341 e. The van der Waals surface area contributed by atoms with Crippen LogP contribution in [0.1, 0.15) is 5.56 Å². The number of rotatable bonds is 6. The second-order valence-corrected chi connectivity index (χ2v) is 4.42. The van der Waals surface area contributed by atoms with E-state index in [4.69, 9.17) is 14.6 Å². The third-order valence-corrected chi connectivity index (χ3v) is 2.92. The van der Waals surface area contributed by atoms with Gasteiger partial charge >= 0.3 is 11.9 Å². The Morgan fingerprint density at radius 3 is 2.55 bits per heavy atom. The summed E-state index contributed by atoms with van der Waals surface area (Å²) < 4.78 is 15.3. The van der Waals surface area contributed by atoms with Crippen LogP contribution in [-0.2, 0) is 14.3 Å². The van der Waals surface area contributed by atoms with E-state index in [0.29, 0.717) is 15.8 Å². The van der Waals surface area contributed by atoms with Gasteiger partial charge in [0, 0.05) is 10.5 Å². The quantitative estimate of drug-likeness (QED) is 0.628. The summed E-state index contributed by atoms with van der Waals surface area (Å²) >= 11 is 3.30. The third kappa shape index (κ3) is 4.58. The van der Waals surface area contributed by atoms with Gasteiger partial charge in [0.2, 0.25) is 0 Å². The summed E-state index contributed by atoms with van der Waals surface area (Å²) in [6.07, 6.45) is 2.80. The Kier molecular flexibility index (Phi) is 6.05. The number of carboxylic acids is 1. The van der Waals surface area contributed by atoms with Gasteiger partial charge in [-0.05, 0) is 23.8 Å². The van der Waals surface area contributed by atoms with Gasteiger partial charge in [0.15, 0.2) is 18.1 Å². The fraction of sp³-hybridized carbons (Fsp3) is 0.231. The minimum absolute atomic E-state index is 0.289. The molecule has 0 amide bonds. The molecule has 0 saturated heterocycles. The predicted molar refractivity (Wildman–Crippen MR) is 74.9 cm³/mol. The van der Waals surface area contributed by atoms with Crippen LogP contribution in [0.4, 0.5) is 0 Å². The van der Waals surface area contributed by atoms with Gasteiger partial charge in [0.1, 0.15) is 0 Å². The van der Waals surface area contributed by atoms with E-state index in [2.05, 4.69) is 20.7 Å². The molecule has 0 bridgehead atoms. The average Bonchev–Trinajstić information content (AvgIpc) is 2.43. The molecule has 1 aromatic carbocycles. The van der Waals surface area contributed by atoms with E-state index >= 15 is 0 Å². The lowest BCUT2D eigenvalue weighted by atomic mass is 10.2. The van der Waals surface area contributed by atoms with E-state index in [1.54, 1.807) is 18.2 Å². The van der Waals surface area contributed by atoms with E-state index in [0.717, 1.165) is 0 Å². The summed E-state index contributed by atoms with van der Waals surface area (Å²) in [5.74, 6) is -0.920. The lowest BCUT2D eigenvalue weighted by Crippen LogP contribution is -2.10. The highest BCUT2D eigenvalue weighted by Gasteiger charge is 2.10. The van der Waals surface area contributed by atoms with E-state index in [1.165, 1.54) is 20.3 Å². The van der Waals surface area contributed by atoms with Crippen LogP contribution in [0.3, 0.4) is 0 Å². The molecular weight excluding hydrogens is 332 g/mol. The van der Waals surface area contributed by atoms with Crippen LogP contribution >= 0.6 is 15.9 Å². The van der Waals surface area contributed by atoms with Crippen LogP contribution in [0.2, 0.25) is 0 Å². The summed E-state index contributed by atoms with van der Waals surface area (Å²) in [6.45, 7) is -0.472. The van der Waals surface area contributed by atoms with Crippen molar-refractivity contribution in [2.24, 2.45) is 0 Å². The van der Waals surface area contributed by atoms with Crippen LogP contribution in [-0.4, -0.2) is 37.9 Å². The zero-order valence-electron chi connectivity index (χ0n) is 10.9. The molecule has 0 unspecified atom stereocenters. The highest BCUT2D eigenvalue weighted by molar-refractivity contribution is 9.10. The molecule has 1 rings (SSSR count). The molecule has 0 heterocycles. The highest BCUT2D eigenvalue weighted by Crippen LogP contribution is 2.34. The summed E-state index contributed by atoms with van der Waals surface area (Å²) in [7, 11) is 2.72. The Bertz CT molecular complexity index is 538. The van der Waals surface area contributed by atoms with Gasteiger partial charge in [0.05, 0.1) is 14.2 Å². The van der Waals surface area contributed by atoms with Crippen molar-refractivity contribution in [3.8, 4) is 11.5 Å². The number of ether oxygens (including phenoxy) is 3. The van der Waals surface area contributed by atoms with Gasteiger partial charge in [-0.15, -0.1) is 0 Å². The van der Waals surface area contributed by atoms with Crippen molar-refractivity contribution in [2.45, 2.75) is 0 Å². The molecule has 1 aromatic rings. The molecule has 0 aliphatic carbocycles. The van der Waals surface area contributed by atoms with Crippen LogP contribution < -0.4 is 9.47 Å². The number of methoxy groups -OCH3 is 2. The van der Waals surface area contributed by atoms with Crippen molar-refractivity contribution >= 4 is 33.9 Å². The van der Waals surface area contributed by atoms with Gasteiger partial charge in [0.25, 0.3) is 0 Å². The van der Waals surface area contributed by atoms with Crippen molar-refractivity contribution in [3.05, 3.63) is 28.2 Å².